The van der Waals surface area contributed by atoms with Crippen molar-refractivity contribution in [3.8, 4) is 0 Å². The minimum Gasteiger partial charge on any atom is -0.480 e. The minimum absolute atomic E-state index is 0.0437. The van der Waals surface area contributed by atoms with E-state index in [1.54, 1.807) is 0 Å². The molecular formula is C12H22N2O3. The molecule has 0 saturated carbocycles. The number of amides is 1. The van der Waals surface area contributed by atoms with Crippen molar-refractivity contribution in [2.24, 2.45) is 5.73 Å². The van der Waals surface area contributed by atoms with E-state index in [2.05, 4.69) is 0 Å². The second-order valence-corrected chi connectivity index (χ2v) is 4.81. The summed E-state index contributed by atoms with van der Waals surface area (Å²) in [5.74, 6) is -0.928. The number of likely N-dealkylation sites (tertiary alicyclic amines) is 1. The number of carbonyl (C=O) groups is 2. The van der Waals surface area contributed by atoms with Gasteiger partial charge in [0, 0.05) is 19.0 Å². The van der Waals surface area contributed by atoms with Gasteiger partial charge in [-0.25, -0.2) is 4.79 Å². The van der Waals surface area contributed by atoms with E-state index in [0.717, 1.165) is 25.7 Å². The predicted molar refractivity (Wildman–Crippen MR) is 64.5 cm³/mol. The first kappa shape index (κ1) is 14.0. The standard InChI is InChI=1S/C12H22N2O3/c1-9(13)5-4-7-11(15)14-8-3-2-6-10(14)12(16)17/h9-10H,2-8,13H2,1H3,(H,16,17). The van der Waals surface area contributed by atoms with Crippen molar-refractivity contribution in [2.45, 2.75) is 57.5 Å². The number of aliphatic carboxylic acids is 1. The Hall–Kier alpha value is -1.10. The molecule has 1 heterocycles. The van der Waals surface area contributed by atoms with Crippen LogP contribution in [0.25, 0.3) is 0 Å². The van der Waals surface area contributed by atoms with Gasteiger partial charge in [0.1, 0.15) is 6.04 Å². The van der Waals surface area contributed by atoms with Gasteiger partial charge in [0.2, 0.25) is 5.91 Å². The molecule has 1 amide bonds. The number of hydrogen-bond donors (Lipinski definition) is 2. The van der Waals surface area contributed by atoms with Gasteiger partial charge in [-0.15, -0.1) is 0 Å². The van der Waals surface area contributed by atoms with E-state index < -0.39 is 12.0 Å². The van der Waals surface area contributed by atoms with E-state index in [1.807, 2.05) is 6.92 Å². The van der Waals surface area contributed by atoms with E-state index >= 15 is 0 Å². The van der Waals surface area contributed by atoms with Crippen LogP contribution in [0.1, 0.15) is 45.4 Å². The number of carboxylic acids is 1. The van der Waals surface area contributed by atoms with E-state index in [0.29, 0.717) is 19.4 Å². The Morgan fingerprint density at radius 1 is 1.47 bits per heavy atom. The Balaban J connectivity index is 2.45. The molecule has 1 rings (SSSR count). The molecule has 1 saturated heterocycles. The number of piperidine rings is 1. The molecule has 2 atom stereocenters. The molecule has 0 aromatic heterocycles. The van der Waals surface area contributed by atoms with Crippen molar-refractivity contribution >= 4 is 11.9 Å². The van der Waals surface area contributed by atoms with Crippen LogP contribution in [0.5, 0.6) is 0 Å². The molecule has 0 bridgehead atoms. The maximum absolute atomic E-state index is 11.9. The number of carboxylic acid groups (broad SMARTS) is 1. The molecule has 2 unspecified atom stereocenters. The number of carbonyl (C=O) groups excluding carboxylic acids is 1. The summed E-state index contributed by atoms with van der Waals surface area (Å²) >= 11 is 0. The highest BCUT2D eigenvalue weighted by atomic mass is 16.4. The van der Waals surface area contributed by atoms with Crippen LogP contribution in [-0.2, 0) is 9.59 Å². The quantitative estimate of drug-likeness (QED) is 0.752. The zero-order valence-corrected chi connectivity index (χ0v) is 10.4. The summed E-state index contributed by atoms with van der Waals surface area (Å²) < 4.78 is 0. The fraction of sp³-hybridized carbons (Fsp3) is 0.833. The van der Waals surface area contributed by atoms with Crippen LogP contribution in [-0.4, -0.2) is 40.5 Å². The third-order valence-electron chi connectivity index (χ3n) is 3.16. The highest BCUT2D eigenvalue weighted by molar-refractivity contribution is 5.83. The van der Waals surface area contributed by atoms with Crippen LogP contribution in [0, 0.1) is 0 Å². The number of rotatable bonds is 5. The summed E-state index contributed by atoms with van der Waals surface area (Å²) in [6, 6.07) is -0.522. The van der Waals surface area contributed by atoms with Gasteiger partial charge < -0.3 is 15.7 Å². The molecule has 17 heavy (non-hydrogen) atoms. The zero-order chi connectivity index (χ0) is 12.8. The van der Waals surface area contributed by atoms with Gasteiger partial charge in [-0.1, -0.05) is 0 Å². The zero-order valence-electron chi connectivity index (χ0n) is 10.4. The molecule has 1 aliphatic heterocycles. The second-order valence-electron chi connectivity index (χ2n) is 4.81. The van der Waals surface area contributed by atoms with Crippen LogP contribution >= 0.6 is 0 Å². The first-order valence-corrected chi connectivity index (χ1v) is 6.30. The second kappa shape index (κ2) is 6.59. The van der Waals surface area contributed by atoms with E-state index in [4.69, 9.17) is 10.8 Å². The Labute approximate surface area is 102 Å². The third-order valence-corrected chi connectivity index (χ3v) is 3.16. The van der Waals surface area contributed by atoms with Crippen LogP contribution < -0.4 is 5.73 Å². The number of nitrogens with zero attached hydrogens (tertiary/aromatic N) is 1. The Kier molecular flexibility index (Phi) is 5.41. The third kappa shape index (κ3) is 4.34. The molecule has 0 aliphatic carbocycles. The fourth-order valence-electron chi connectivity index (χ4n) is 2.21. The predicted octanol–water partition coefficient (Wildman–Crippen LogP) is 0.970. The lowest BCUT2D eigenvalue weighted by Gasteiger charge is -2.33. The first-order valence-electron chi connectivity index (χ1n) is 6.30. The first-order chi connectivity index (χ1) is 8.02. The molecule has 1 fully saturated rings. The summed E-state index contributed by atoms with van der Waals surface area (Å²) in [7, 11) is 0. The van der Waals surface area contributed by atoms with Gasteiger partial charge in [0.05, 0.1) is 0 Å². The van der Waals surface area contributed by atoms with Gasteiger partial charge in [-0.05, 0) is 39.0 Å². The summed E-state index contributed by atoms with van der Waals surface area (Å²) in [6.45, 7) is 2.49. The van der Waals surface area contributed by atoms with Gasteiger partial charge in [0.15, 0.2) is 0 Å². The Bertz CT molecular complexity index is 279. The maximum Gasteiger partial charge on any atom is 0.326 e. The van der Waals surface area contributed by atoms with Crippen molar-refractivity contribution in [1.82, 2.24) is 4.90 Å². The van der Waals surface area contributed by atoms with Crippen LogP contribution in [0.3, 0.4) is 0 Å². The van der Waals surface area contributed by atoms with Gasteiger partial charge in [0.25, 0.3) is 0 Å². The van der Waals surface area contributed by atoms with Crippen molar-refractivity contribution < 1.29 is 14.7 Å². The van der Waals surface area contributed by atoms with Gasteiger partial charge in [-0.2, -0.15) is 0 Å². The fourth-order valence-corrected chi connectivity index (χ4v) is 2.21. The monoisotopic (exact) mass is 242 g/mol. The topological polar surface area (TPSA) is 83.6 Å². The number of hydrogen-bond acceptors (Lipinski definition) is 3. The highest BCUT2D eigenvalue weighted by Crippen LogP contribution is 2.18. The normalized spacial score (nSPS) is 22.2. The molecule has 3 N–H and O–H groups in total. The Morgan fingerprint density at radius 3 is 2.76 bits per heavy atom. The summed E-state index contributed by atoms with van der Waals surface area (Å²) in [5.41, 5.74) is 5.61. The summed E-state index contributed by atoms with van der Waals surface area (Å²) in [6.07, 6.45) is 4.32. The highest BCUT2D eigenvalue weighted by Gasteiger charge is 2.31. The van der Waals surface area contributed by atoms with Crippen molar-refractivity contribution in [2.75, 3.05) is 6.54 Å². The molecule has 5 nitrogen and oxygen atoms in total. The molecule has 98 valence electrons. The summed E-state index contributed by atoms with van der Waals surface area (Å²) in [4.78, 5) is 24.5. The average Bonchev–Trinajstić information content (AvgIpc) is 2.28. The van der Waals surface area contributed by atoms with Crippen LogP contribution in [0.4, 0.5) is 0 Å². The van der Waals surface area contributed by atoms with Crippen LogP contribution in [0.15, 0.2) is 0 Å². The molecule has 0 aromatic carbocycles. The molecule has 0 radical (unpaired) electrons. The summed E-state index contributed by atoms with van der Waals surface area (Å²) in [5, 5.41) is 9.06. The van der Waals surface area contributed by atoms with Gasteiger partial charge >= 0.3 is 5.97 Å². The molecule has 0 aromatic rings. The van der Waals surface area contributed by atoms with E-state index in [1.165, 1.54) is 4.90 Å². The largest absolute Gasteiger partial charge is 0.480 e. The lowest BCUT2D eigenvalue weighted by Crippen LogP contribution is -2.47. The van der Waals surface area contributed by atoms with Crippen LogP contribution in [0.2, 0.25) is 0 Å². The molecular weight excluding hydrogens is 220 g/mol. The Morgan fingerprint density at radius 2 is 2.18 bits per heavy atom. The average molecular weight is 242 g/mol. The lowest BCUT2D eigenvalue weighted by atomic mass is 10.0. The van der Waals surface area contributed by atoms with Crippen molar-refractivity contribution in [1.29, 1.82) is 0 Å². The van der Waals surface area contributed by atoms with Gasteiger partial charge in [-0.3, -0.25) is 4.79 Å². The maximum atomic E-state index is 11.9. The molecule has 0 spiro atoms. The van der Waals surface area contributed by atoms with Crippen molar-refractivity contribution in [3.63, 3.8) is 0 Å². The SMILES string of the molecule is CC(N)CCCC(=O)N1CCCCC1C(=O)O. The smallest absolute Gasteiger partial charge is 0.326 e. The van der Waals surface area contributed by atoms with E-state index in [9.17, 15) is 9.59 Å². The minimum atomic E-state index is -0.884. The lowest BCUT2D eigenvalue weighted by molar-refractivity contribution is -0.152. The number of nitrogens with two attached hydrogens (primary N) is 1. The van der Waals surface area contributed by atoms with E-state index in [-0.39, 0.29) is 11.9 Å². The molecule has 5 heteroatoms. The van der Waals surface area contributed by atoms with Crippen molar-refractivity contribution in [3.05, 3.63) is 0 Å². The molecule has 1 aliphatic rings.